The van der Waals surface area contributed by atoms with Crippen LogP contribution >= 0.6 is 0 Å². The predicted octanol–water partition coefficient (Wildman–Crippen LogP) is 2.28. The number of carbonyl (C=O) groups is 2. The number of aliphatic hydroxyl groups is 3. The summed E-state index contributed by atoms with van der Waals surface area (Å²) in [6, 6.07) is 0. The first-order valence-corrected chi connectivity index (χ1v) is 15.8. The van der Waals surface area contributed by atoms with Crippen LogP contribution in [-0.2, 0) is 28.5 Å². The fourth-order valence-corrected chi connectivity index (χ4v) is 13.4. The van der Waals surface area contributed by atoms with Crippen LogP contribution in [0.15, 0.2) is 0 Å². The molecule has 0 radical (unpaired) electrons. The highest BCUT2D eigenvalue weighted by Gasteiger charge is 2.92. The Morgan fingerprint density at radius 1 is 0.927 bits per heavy atom. The van der Waals surface area contributed by atoms with Crippen LogP contribution in [0.2, 0.25) is 0 Å². The molecule has 3 aliphatic heterocycles. The lowest BCUT2D eigenvalue weighted by Crippen LogP contribution is -2.68. The SMILES string of the molecule is CC(=O)O[C@H]1CC2C([C@@H](O)[C@@H](C)[C@H]3C[C@@H]4O[C@@H]4[C@H](O)[C@]23C)[C@@H]2[C@@H](C)[C@@H]3[C@H]([C@H](C)[C@H]4O[C@]45OC(=O)[C@@](C)(O)[C@]35C)[C@@]12C. The quantitative estimate of drug-likeness (QED) is 0.318. The number of carbonyl (C=O) groups excluding carboxylic acids is 2. The highest BCUT2D eigenvalue weighted by molar-refractivity contribution is 5.84. The van der Waals surface area contributed by atoms with Crippen LogP contribution in [0, 0.1) is 69.5 Å². The molecule has 0 bridgehead atoms. The molecular weight excluding hydrogens is 528 g/mol. The minimum atomic E-state index is -1.76. The molecule has 0 amide bonds. The molecule has 3 heterocycles. The van der Waals surface area contributed by atoms with Gasteiger partial charge in [0.05, 0.1) is 23.7 Å². The summed E-state index contributed by atoms with van der Waals surface area (Å²) < 4.78 is 24.4. The molecular formula is C32H46O9. The maximum absolute atomic E-state index is 13.2. The van der Waals surface area contributed by atoms with Crippen molar-refractivity contribution in [3.05, 3.63) is 0 Å². The van der Waals surface area contributed by atoms with Crippen molar-refractivity contribution in [2.75, 3.05) is 0 Å². The molecule has 3 saturated heterocycles. The molecule has 8 fully saturated rings. The van der Waals surface area contributed by atoms with Crippen LogP contribution in [0.3, 0.4) is 0 Å². The summed E-state index contributed by atoms with van der Waals surface area (Å²) >= 11 is 0. The van der Waals surface area contributed by atoms with Gasteiger partial charge in [-0.15, -0.1) is 0 Å². The molecule has 9 nitrogen and oxygen atoms in total. The Kier molecular flexibility index (Phi) is 5.00. The number of hydrogen-bond donors (Lipinski definition) is 3. The minimum absolute atomic E-state index is 0.0239. The third kappa shape index (κ3) is 2.64. The number of hydrogen-bond acceptors (Lipinski definition) is 9. The van der Waals surface area contributed by atoms with Gasteiger partial charge in [-0.05, 0) is 80.0 Å². The van der Waals surface area contributed by atoms with Gasteiger partial charge in [0, 0.05) is 17.8 Å². The Morgan fingerprint density at radius 2 is 1.61 bits per heavy atom. The van der Waals surface area contributed by atoms with Gasteiger partial charge in [-0.3, -0.25) is 4.79 Å². The second-order valence-corrected chi connectivity index (χ2v) is 16.2. The van der Waals surface area contributed by atoms with E-state index in [-0.39, 0.29) is 77.5 Å². The van der Waals surface area contributed by atoms with Crippen LogP contribution in [-0.4, -0.2) is 75.3 Å². The van der Waals surface area contributed by atoms with Crippen molar-refractivity contribution in [1.29, 1.82) is 0 Å². The zero-order valence-corrected chi connectivity index (χ0v) is 25.4. The van der Waals surface area contributed by atoms with Crippen LogP contribution < -0.4 is 0 Å². The van der Waals surface area contributed by atoms with Crippen molar-refractivity contribution >= 4 is 11.9 Å². The minimum Gasteiger partial charge on any atom is -0.462 e. The predicted molar refractivity (Wildman–Crippen MR) is 143 cm³/mol. The second-order valence-electron chi connectivity index (χ2n) is 16.2. The van der Waals surface area contributed by atoms with E-state index in [4.69, 9.17) is 18.9 Å². The summed E-state index contributed by atoms with van der Waals surface area (Å²) in [5.41, 5.74) is -3.84. The average molecular weight is 575 g/mol. The highest BCUT2D eigenvalue weighted by atomic mass is 16.8. The zero-order chi connectivity index (χ0) is 29.6. The molecule has 5 aliphatic carbocycles. The van der Waals surface area contributed by atoms with Gasteiger partial charge in [-0.25, -0.2) is 4.79 Å². The number of rotatable bonds is 1. The van der Waals surface area contributed by atoms with E-state index in [1.54, 1.807) is 6.92 Å². The van der Waals surface area contributed by atoms with Crippen molar-refractivity contribution in [2.45, 2.75) is 116 Å². The first-order chi connectivity index (χ1) is 19.0. The monoisotopic (exact) mass is 574 g/mol. The van der Waals surface area contributed by atoms with Gasteiger partial charge in [-0.1, -0.05) is 34.6 Å². The molecule has 0 aromatic rings. The Morgan fingerprint density at radius 3 is 2.27 bits per heavy atom. The summed E-state index contributed by atoms with van der Waals surface area (Å²) in [6.07, 6.45) is -0.828. The van der Waals surface area contributed by atoms with Crippen LogP contribution in [0.1, 0.15) is 68.2 Å². The number of fused-ring (bicyclic) bond motifs is 9. The van der Waals surface area contributed by atoms with Crippen molar-refractivity contribution in [3.8, 4) is 0 Å². The number of esters is 2. The summed E-state index contributed by atoms with van der Waals surface area (Å²) in [4.78, 5) is 25.9. The normalized spacial score (nSPS) is 68.1. The van der Waals surface area contributed by atoms with E-state index < -0.39 is 51.9 Å². The molecule has 5 saturated carbocycles. The lowest BCUT2D eigenvalue weighted by molar-refractivity contribution is -0.248. The average Bonchev–Trinajstić information content (AvgIpc) is 3.79. The van der Waals surface area contributed by atoms with E-state index in [0.29, 0.717) is 6.42 Å². The Hall–Kier alpha value is -1.26. The molecule has 9 heteroatoms. The van der Waals surface area contributed by atoms with Crippen LogP contribution in [0.25, 0.3) is 0 Å². The Labute approximate surface area is 241 Å². The maximum atomic E-state index is 13.2. The summed E-state index contributed by atoms with van der Waals surface area (Å²) in [6.45, 7) is 15.8. The van der Waals surface area contributed by atoms with Crippen molar-refractivity contribution in [2.24, 2.45) is 69.5 Å². The third-order valence-electron chi connectivity index (χ3n) is 15.2. The van der Waals surface area contributed by atoms with E-state index in [2.05, 4.69) is 34.6 Å². The molecule has 2 unspecified atom stereocenters. The summed E-state index contributed by atoms with van der Waals surface area (Å²) in [5.74, 6) is -2.77. The molecule has 3 N–H and O–H groups in total. The van der Waals surface area contributed by atoms with E-state index in [1.807, 2.05) is 6.92 Å². The second kappa shape index (κ2) is 7.51. The van der Waals surface area contributed by atoms with E-state index >= 15 is 0 Å². The Balaban J connectivity index is 1.32. The van der Waals surface area contributed by atoms with Gasteiger partial charge in [0.1, 0.15) is 18.3 Å². The van der Waals surface area contributed by atoms with Gasteiger partial charge in [0.2, 0.25) is 5.79 Å². The lowest BCUT2D eigenvalue weighted by Gasteiger charge is -2.66. The zero-order valence-electron chi connectivity index (χ0n) is 25.4. The Bertz CT molecular complexity index is 1240. The highest BCUT2D eigenvalue weighted by Crippen LogP contribution is 2.82. The molecule has 0 aromatic heterocycles. The topological polar surface area (TPSA) is 138 Å². The molecule has 1 spiro atoms. The van der Waals surface area contributed by atoms with Crippen molar-refractivity contribution < 1.29 is 43.9 Å². The fourth-order valence-electron chi connectivity index (χ4n) is 13.4. The van der Waals surface area contributed by atoms with Crippen LogP contribution in [0.4, 0.5) is 0 Å². The molecule has 228 valence electrons. The number of ether oxygens (including phenoxy) is 4. The van der Waals surface area contributed by atoms with E-state index in [0.717, 1.165) is 6.42 Å². The molecule has 41 heavy (non-hydrogen) atoms. The van der Waals surface area contributed by atoms with Crippen LogP contribution in [0.5, 0.6) is 0 Å². The summed E-state index contributed by atoms with van der Waals surface area (Å²) in [7, 11) is 0. The molecule has 0 aromatic carbocycles. The van der Waals surface area contributed by atoms with Gasteiger partial charge in [0.25, 0.3) is 0 Å². The first-order valence-electron chi connectivity index (χ1n) is 15.8. The van der Waals surface area contributed by atoms with Gasteiger partial charge in [-0.2, -0.15) is 0 Å². The van der Waals surface area contributed by atoms with Gasteiger partial charge in [0.15, 0.2) is 5.60 Å². The van der Waals surface area contributed by atoms with Gasteiger partial charge < -0.3 is 34.3 Å². The summed E-state index contributed by atoms with van der Waals surface area (Å²) in [5, 5.41) is 35.9. The molecule has 8 rings (SSSR count). The largest absolute Gasteiger partial charge is 0.462 e. The van der Waals surface area contributed by atoms with E-state index in [1.165, 1.54) is 6.92 Å². The standard InChI is InChI=1S/C32H46O9/c1-11-15-9-17-24(39-17)25(35)28(15,5)16-10-18(38-14(4)33)29(6)20(19(16)23(11)34)12(2)22-21(29)13(3)26-32(40-26)30(22,7)31(8,37)27(36)41-32/h11-13,15-26,34-35,37H,9-10H2,1-8H3/t11-,12+,13-,15+,16?,17-,18-,19?,20-,21-,22+,23-,24-,25-,26+,28-,29-,30-,31+,32-/m0/s1. The van der Waals surface area contributed by atoms with Crippen molar-refractivity contribution in [3.63, 3.8) is 0 Å². The third-order valence-corrected chi connectivity index (χ3v) is 15.2. The molecule has 20 atom stereocenters. The smallest absolute Gasteiger partial charge is 0.341 e. The molecule has 8 aliphatic rings. The lowest BCUT2D eigenvalue weighted by atomic mass is 9.40. The van der Waals surface area contributed by atoms with Gasteiger partial charge >= 0.3 is 11.9 Å². The number of epoxide rings is 2. The maximum Gasteiger partial charge on any atom is 0.341 e. The van der Waals surface area contributed by atoms with E-state index in [9.17, 15) is 24.9 Å². The fraction of sp³-hybridized carbons (Fsp3) is 0.938. The van der Waals surface area contributed by atoms with Crippen molar-refractivity contribution in [1.82, 2.24) is 0 Å². The number of aliphatic hydroxyl groups excluding tert-OH is 2. The first kappa shape index (κ1) is 27.3.